The maximum absolute atomic E-state index is 12.1. The predicted octanol–water partition coefficient (Wildman–Crippen LogP) is 2.08. The summed E-state index contributed by atoms with van der Waals surface area (Å²) in [5.41, 5.74) is 0. The summed E-state index contributed by atoms with van der Waals surface area (Å²) in [6.07, 6.45) is 8.12. The fourth-order valence-corrected chi connectivity index (χ4v) is 3.29. The first-order valence-electron chi connectivity index (χ1n) is 6.91. The Kier molecular flexibility index (Phi) is 4.21. The molecule has 0 radical (unpaired) electrons. The Labute approximate surface area is 104 Å². The van der Waals surface area contributed by atoms with Crippen LogP contribution < -0.4 is 5.32 Å². The molecule has 0 aromatic rings. The highest BCUT2D eigenvalue weighted by atomic mass is 16.2. The van der Waals surface area contributed by atoms with Crippen LogP contribution in [-0.2, 0) is 4.79 Å². The minimum absolute atomic E-state index is 0.304. The van der Waals surface area contributed by atoms with E-state index in [0.29, 0.717) is 30.5 Å². The van der Waals surface area contributed by atoms with Gasteiger partial charge in [-0.25, -0.2) is 0 Å². The van der Waals surface area contributed by atoms with E-state index in [0.717, 1.165) is 25.8 Å². The number of rotatable bonds is 5. The standard InChI is InChI=1S/C14H24N2O/c1-3-5-6-14(17)16(4-2)13-9-11-7-8-12(10-13)15-11/h3,11-13,15H,1,4-10H2,2H3. The molecule has 1 amide bonds. The van der Waals surface area contributed by atoms with Gasteiger partial charge in [-0.15, -0.1) is 6.58 Å². The fraction of sp³-hybridized carbons (Fsp3) is 0.786. The van der Waals surface area contributed by atoms with E-state index in [-0.39, 0.29) is 0 Å². The third-order valence-electron chi connectivity index (χ3n) is 4.11. The molecule has 2 unspecified atom stereocenters. The van der Waals surface area contributed by atoms with E-state index < -0.39 is 0 Å². The summed E-state index contributed by atoms with van der Waals surface area (Å²) in [5, 5.41) is 3.63. The van der Waals surface area contributed by atoms with E-state index in [4.69, 9.17) is 0 Å². The monoisotopic (exact) mass is 236 g/mol. The quantitative estimate of drug-likeness (QED) is 0.741. The Bertz CT molecular complexity index is 278. The lowest BCUT2D eigenvalue weighted by atomic mass is 9.97. The maximum atomic E-state index is 12.1. The molecule has 0 aliphatic carbocycles. The van der Waals surface area contributed by atoms with Gasteiger partial charge < -0.3 is 10.2 Å². The summed E-state index contributed by atoms with van der Waals surface area (Å²) in [4.78, 5) is 14.2. The molecule has 0 spiro atoms. The van der Waals surface area contributed by atoms with Gasteiger partial charge in [0.05, 0.1) is 0 Å². The van der Waals surface area contributed by atoms with Crippen molar-refractivity contribution in [3.8, 4) is 0 Å². The van der Waals surface area contributed by atoms with Crippen molar-refractivity contribution in [2.75, 3.05) is 6.54 Å². The van der Waals surface area contributed by atoms with Crippen LogP contribution in [0.4, 0.5) is 0 Å². The number of nitrogens with one attached hydrogen (secondary N) is 1. The summed E-state index contributed by atoms with van der Waals surface area (Å²) >= 11 is 0. The summed E-state index contributed by atoms with van der Waals surface area (Å²) < 4.78 is 0. The number of amides is 1. The average Bonchev–Trinajstić information content (AvgIpc) is 2.67. The zero-order valence-corrected chi connectivity index (χ0v) is 10.8. The molecule has 2 rings (SSSR count). The summed E-state index contributed by atoms with van der Waals surface area (Å²) in [6.45, 7) is 6.62. The van der Waals surface area contributed by atoms with Crippen LogP contribution in [0.2, 0.25) is 0 Å². The molecule has 0 aromatic heterocycles. The smallest absolute Gasteiger partial charge is 0.223 e. The molecule has 2 atom stereocenters. The molecule has 1 N–H and O–H groups in total. The second-order valence-electron chi connectivity index (χ2n) is 5.27. The lowest BCUT2D eigenvalue weighted by Gasteiger charge is -2.37. The topological polar surface area (TPSA) is 32.3 Å². The van der Waals surface area contributed by atoms with Gasteiger partial charge >= 0.3 is 0 Å². The van der Waals surface area contributed by atoms with Crippen LogP contribution in [0.1, 0.15) is 45.4 Å². The number of carbonyl (C=O) groups is 1. The van der Waals surface area contributed by atoms with Crippen molar-refractivity contribution in [2.45, 2.75) is 63.6 Å². The summed E-state index contributed by atoms with van der Waals surface area (Å²) in [6, 6.07) is 1.77. The van der Waals surface area contributed by atoms with Gasteiger partial charge in [0, 0.05) is 31.1 Å². The van der Waals surface area contributed by atoms with Crippen LogP contribution in [0.3, 0.4) is 0 Å². The van der Waals surface area contributed by atoms with Gasteiger partial charge in [0.2, 0.25) is 5.91 Å². The van der Waals surface area contributed by atoms with E-state index in [9.17, 15) is 4.79 Å². The van der Waals surface area contributed by atoms with Crippen LogP contribution in [0.15, 0.2) is 12.7 Å². The molecule has 3 nitrogen and oxygen atoms in total. The Hall–Kier alpha value is -0.830. The molecule has 2 heterocycles. The number of nitrogens with zero attached hydrogens (tertiary/aromatic N) is 1. The Morgan fingerprint density at radius 2 is 2.06 bits per heavy atom. The molecule has 2 aliphatic rings. The Morgan fingerprint density at radius 1 is 1.41 bits per heavy atom. The van der Waals surface area contributed by atoms with Crippen LogP contribution in [0.25, 0.3) is 0 Å². The Balaban J connectivity index is 1.93. The van der Waals surface area contributed by atoms with Crippen LogP contribution in [0, 0.1) is 0 Å². The first-order chi connectivity index (χ1) is 8.24. The fourth-order valence-electron chi connectivity index (χ4n) is 3.29. The molecule has 96 valence electrons. The summed E-state index contributed by atoms with van der Waals surface area (Å²) in [5.74, 6) is 0.304. The highest BCUT2D eigenvalue weighted by molar-refractivity contribution is 5.76. The zero-order chi connectivity index (χ0) is 12.3. The molecule has 3 heteroatoms. The second-order valence-corrected chi connectivity index (χ2v) is 5.27. The van der Waals surface area contributed by atoms with E-state index in [1.165, 1.54) is 12.8 Å². The first-order valence-corrected chi connectivity index (χ1v) is 6.91. The van der Waals surface area contributed by atoms with Crippen LogP contribution >= 0.6 is 0 Å². The number of allylic oxidation sites excluding steroid dienone is 1. The molecule has 2 bridgehead atoms. The van der Waals surface area contributed by atoms with Crippen molar-refractivity contribution in [1.29, 1.82) is 0 Å². The van der Waals surface area contributed by atoms with Crippen molar-refractivity contribution < 1.29 is 4.79 Å². The number of piperidine rings is 1. The van der Waals surface area contributed by atoms with Gasteiger partial charge in [0.1, 0.15) is 0 Å². The molecule has 0 saturated carbocycles. The zero-order valence-electron chi connectivity index (χ0n) is 10.8. The van der Waals surface area contributed by atoms with E-state index in [1.54, 1.807) is 0 Å². The van der Waals surface area contributed by atoms with Crippen LogP contribution in [-0.4, -0.2) is 35.5 Å². The van der Waals surface area contributed by atoms with Gasteiger partial charge in [-0.3, -0.25) is 4.79 Å². The van der Waals surface area contributed by atoms with Crippen molar-refractivity contribution in [3.63, 3.8) is 0 Å². The second kappa shape index (κ2) is 5.67. The van der Waals surface area contributed by atoms with Gasteiger partial charge in [-0.2, -0.15) is 0 Å². The van der Waals surface area contributed by atoms with E-state index in [1.807, 2.05) is 6.08 Å². The van der Waals surface area contributed by atoms with Gasteiger partial charge in [0.25, 0.3) is 0 Å². The summed E-state index contributed by atoms with van der Waals surface area (Å²) in [7, 11) is 0. The minimum Gasteiger partial charge on any atom is -0.340 e. The normalized spacial score (nSPS) is 31.2. The van der Waals surface area contributed by atoms with Crippen LogP contribution in [0.5, 0.6) is 0 Å². The number of fused-ring (bicyclic) bond motifs is 2. The maximum Gasteiger partial charge on any atom is 0.223 e. The molecule has 17 heavy (non-hydrogen) atoms. The number of hydrogen-bond donors (Lipinski definition) is 1. The minimum atomic E-state index is 0.304. The van der Waals surface area contributed by atoms with E-state index in [2.05, 4.69) is 23.7 Å². The van der Waals surface area contributed by atoms with Crippen molar-refractivity contribution in [3.05, 3.63) is 12.7 Å². The average molecular weight is 236 g/mol. The third kappa shape index (κ3) is 2.89. The predicted molar refractivity (Wildman–Crippen MR) is 69.8 cm³/mol. The number of hydrogen-bond acceptors (Lipinski definition) is 2. The van der Waals surface area contributed by atoms with Crippen molar-refractivity contribution in [2.24, 2.45) is 0 Å². The van der Waals surface area contributed by atoms with Gasteiger partial charge in [0.15, 0.2) is 0 Å². The highest BCUT2D eigenvalue weighted by Crippen LogP contribution is 2.30. The third-order valence-corrected chi connectivity index (χ3v) is 4.11. The van der Waals surface area contributed by atoms with Gasteiger partial charge in [-0.1, -0.05) is 6.08 Å². The first kappa shape index (κ1) is 12.6. The molecular weight excluding hydrogens is 212 g/mol. The van der Waals surface area contributed by atoms with E-state index >= 15 is 0 Å². The molecule has 2 saturated heterocycles. The van der Waals surface area contributed by atoms with Gasteiger partial charge in [-0.05, 0) is 39.0 Å². The largest absolute Gasteiger partial charge is 0.340 e. The molecular formula is C14H24N2O. The lowest BCUT2D eigenvalue weighted by Crippen LogP contribution is -2.50. The lowest BCUT2D eigenvalue weighted by molar-refractivity contribution is -0.134. The van der Waals surface area contributed by atoms with Crippen molar-refractivity contribution in [1.82, 2.24) is 10.2 Å². The molecule has 0 aromatic carbocycles. The Morgan fingerprint density at radius 3 is 2.59 bits per heavy atom. The SMILES string of the molecule is C=CCCC(=O)N(CC)C1CC2CCC(C1)N2. The molecule has 2 aliphatic heterocycles. The number of carbonyl (C=O) groups excluding carboxylic acids is 1. The highest BCUT2D eigenvalue weighted by Gasteiger charge is 2.36. The van der Waals surface area contributed by atoms with Crippen molar-refractivity contribution >= 4 is 5.91 Å². The molecule has 2 fully saturated rings.